The number of rotatable bonds is 4. The largest absolute Gasteiger partial charge is 0.356 e. The minimum atomic E-state index is -0.285. The Bertz CT molecular complexity index is 463. The molecule has 0 unspecified atom stereocenters. The lowest BCUT2D eigenvalue weighted by atomic mass is 10.1. The highest BCUT2D eigenvalue weighted by Crippen LogP contribution is 2.18. The van der Waals surface area contributed by atoms with Gasteiger partial charge in [-0.25, -0.2) is 4.79 Å². The van der Waals surface area contributed by atoms with Crippen molar-refractivity contribution in [1.29, 1.82) is 0 Å². The molecule has 0 atom stereocenters. The molecule has 0 aliphatic rings. The quantitative estimate of drug-likeness (QED) is 0.450. The minimum Gasteiger partial charge on any atom is -0.356 e. The zero-order valence-corrected chi connectivity index (χ0v) is 12.7. The standard InChI is InChI=1S/C15H24N4O/c1-5-6-10-17-14(16-4)19-15(20)18-13-11(2)8-7-9-12(13)3/h7-9H,5-6,10H2,1-4H3,(H3,16,17,18,19,20). The van der Waals surface area contributed by atoms with E-state index in [1.54, 1.807) is 7.05 Å². The number of nitrogens with one attached hydrogen (secondary N) is 3. The molecule has 20 heavy (non-hydrogen) atoms. The van der Waals surface area contributed by atoms with E-state index in [2.05, 4.69) is 27.9 Å². The summed E-state index contributed by atoms with van der Waals surface area (Å²) < 4.78 is 0. The second kappa shape index (κ2) is 8.19. The fourth-order valence-corrected chi connectivity index (χ4v) is 1.83. The van der Waals surface area contributed by atoms with Crippen molar-refractivity contribution >= 4 is 17.7 Å². The summed E-state index contributed by atoms with van der Waals surface area (Å²) in [7, 11) is 1.65. The van der Waals surface area contributed by atoms with E-state index >= 15 is 0 Å². The van der Waals surface area contributed by atoms with Crippen molar-refractivity contribution in [3.05, 3.63) is 29.3 Å². The third-order valence-corrected chi connectivity index (χ3v) is 3.00. The highest BCUT2D eigenvalue weighted by atomic mass is 16.2. The first kappa shape index (κ1) is 16.0. The molecule has 0 fully saturated rings. The van der Waals surface area contributed by atoms with E-state index in [4.69, 9.17) is 0 Å². The summed E-state index contributed by atoms with van der Waals surface area (Å²) in [6.07, 6.45) is 2.14. The smallest absolute Gasteiger partial charge is 0.326 e. The molecule has 5 nitrogen and oxygen atoms in total. The van der Waals surface area contributed by atoms with Crippen LogP contribution in [0.4, 0.5) is 10.5 Å². The maximum Gasteiger partial charge on any atom is 0.326 e. The number of guanidine groups is 1. The van der Waals surface area contributed by atoms with Crippen LogP contribution in [0.2, 0.25) is 0 Å². The van der Waals surface area contributed by atoms with Crippen molar-refractivity contribution in [2.45, 2.75) is 33.6 Å². The predicted octanol–water partition coefficient (Wildman–Crippen LogP) is 2.80. The van der Waals surface area contributed by atoms with Gasteiger partial charge in [-0.3, -0.25) is 10.3 Å². The topological polar surface area (TPSA) is 65.5 Å². The average Bonchev–Trinajstić information content (AvgIpc) is 2.42. The van der Waals surface area contributed by atoms with Crippen LogP contribution in [0.1, 0.15) is 30.9 Å². The molecule has 0 aromatic heterocycles. The van der Waals surface area contributed by atoms with E-state index in [-0.39, 0.29) is 6.03 Å². The molecule has 0 heterocycles. The van der Waals surface area contributed by atoms with Crippen molar-refractivity contribution in [2.75, 3.05) is 18.9 Å². The Balaban J connectivity index is 2.58. The molecule has 2 amide bonds. The normalized spacial score (nSPS) is 11.1. The van der Waals surface area contributed by atoms with Crippen LogP contribution < -0.4 is 16.0 Å². The van der Waals surface area contributed by atoms with Gasteiger partial charge >= 0.3 is 6.03 Å². The molecule has 3 N–H and O–H groups in total. The van der Waals surface area contributed by atoms with Crippen molar-refractivity contribution in [3.63, 3.8) is 0 Å². The third kappa shape index (κ3) is 4.91. The number of hydrogen-bond acceptors (Lipinski definition) is 2. The molecule has 0 saturated carbocycles. The Morgan fingerprint density at radius 1 is 1.25 bits per heavy atom. The van der Waals surface area contributed by atoms with Crippen molar-refractivity contribution in [1.82, 2.24) is 10.6 Å². The van der Waals surface area contributed by atoms with Crippen molar-refractivity contribution in [3.8, 4) is 0 Å². The van der Waals surface area contributed by atoms with Crippen LogP contribution in [-0.2, 0) is 0 Å². The molecule has 0 aliphatic heterocycles. The first-order valence-corrected chi connectivity index (χ1v) is 6.93. The van der Waals surface area contributed by atoms with Crippen molar-refractivity contribution in [2.24, 2.45) is 4.99 Å². The van der Waals surface area contributed by atoms with Gasteiger partial charge in [0.2, 0.25) is 0 Å². The highest BCUT2D eigenvalue weighted by molar-refractivity contribution is 6.02. The van der Waals surface area contributed by atoms with Gasteiger partial charge in [0.15, 0.2) is 5.96 Å². The summed E-state index contributed by atoms with van der Waals surface area (Å²) in [5.74, 6) is 0.488. The van der Waals surface area contributed by atoms with Gasteiger partial charge in [0.1, 0.15) is 0 Å². The summed E-state index contributed by atoms with van der Waals surface area (Å²) in [5, 5.41) is 8.67. The van der Waals surface area contributed by atoms with E-state index in [1.165, 1.54) is 0 Å². The number of anilines is 1. The van der Waals surface area contributed by atoms with Crippen LogP contribution in [0.3, 0.4) is 0 Å². The van der Waals surface area contributed by atoms with Crippen LogP contribution in [0, 0.1) is 13.8 Å². The molecule has 0 spiro atoms. The number of unbranched alkanes of at least 4 members (excludes halogenated alkanes) is 1. The molecule has 5 heteroatoms. The number of aliphatic imine (C=N–C) groups is 1. The number of nitrogens with zero attached hydrogens (tertiary/aromatic N) is 1. The number of carbonyl (C=O) groups excluding carboxylic acids is 1. The van der Waals surface area contributed by atoms with Gasteiger partial charge in [0, 0.05) is 19.3 Å². The molecule has 110 valence electrons. The van der Waals surface area contributed by atoms with Crippen LogP contribution >= 0.6 is 0 Å². The zero-order valence-electron chi connectivity index (χ0n) is 12.7. The lowest BCUT2D eigenvalue weighted by Crippen LogP contribution is -2.43. The summed E-state index contributed by atoms with van der Waals surface area (Å²) in [4.78, 5) is 16.0. The van der Waals surface area contributed by atoms with Gasteiger partial charge in [-0.2, -0.15) is 0 Å². The summed E-state index contributed by atoms with van der Waals surface area (Å²) in [6.45, 7) is 6.85. The first-order valence-electron chi connectivity index (χ1n) is 6.93. The Labute approximate surface area is 120 Å². The van der Waals surface area contributed by atoms with E-state index in [0.717, 1.165) is 36.2 Å². The molecule has 0 bridgehead atoms. The lowest BCUT2D eigenvalue weighted by molar-refractivity contribution is 0.256. The van der Waals surface area contributed by atoms with E-state index in [9.17, 15) is 4.79 Å². The molecular weight excluding hydrogens is 252 g/mol. The van der Waals surface area contributed by atoms with E-state index < -0.39 is 0 Å². The monoisotopic (exact) mass is 276 g/mol. The van der Waals surface area contributed by atoms with Crippen LogP contribution in [0.15, 0.2) is 23.2 Å². The first-order chi connectivity index (χ1) is 9.58. The van der Waals surface area contributed by atoms with Crippen molar-refractivity contribution < 1.29 is 4.79 Å². The minimum absolute atomic E-state index is 0.285. The molecule has 1 rings (SSSR count). The Morgan fingerprint density at radius 3 is 2.45 bits per heavy atom. The number of aryl methyl sites for hydroxylation is 2. The SMILES string of the molecule is CCCCNC(=NC)NC(=O)Nc1c(C)cccc1C. The Morgan fingerprint density at radius 2 is 1.90 bits per heavy atom. The van der Waals surface area contributed by atoms with Crippen LogP contribution in [-0.4, -0.2) is 25.6 Å². The van der Waals surface area contributed by atoms with Gasteiger partial charge in [0.25, 0.3) is 0 Å². The maximum atomic E-state index is 12.0. The molecule has 0 aliphatic carbocycles. The van der Waals surface area contributed by atoms with Gasteiger partial charge in [-0.15, -0.1) is 0 Å². The summed E-state index contributed by atoms with van der Waals surface area (Å²) in [6, 6.07) is 5.62. The number of amides is 2. The fraction of sp³-hybridized carbons (Fsp3) is 0.467. The average molecular weight is 276 g/mol. The Hall–Kier alpha value is -2.04. The highest BCUT2D eigenvalue weighted by Gasteiger charge is 2.08. The molecule has 0 radical (unpaired) electrons. The predicted molar refractivity (Wildman–Crippen MR) is 84.3 cm³/mol. The number of carbonyl (C=O) groups is 1. The summed E-state index contributed by atoms with van der Waals surface area (Å²) in [5.41, 5.74) is 2.91. The second-order valence-corrected chi connectivity index (χ2v) is 4.70. The van der Waals surface area contributed by atoms with Crippen LogP contribution in [0.5, 0.6) is 0 Å². The van der Waals surface area contributed by atoms with Gasteiger partial charge in [0.05, 0.1) is 0 Å². The number of para-hydroxylation sites is 1. The fourth-order valence-electron chi connectivity index (χ4n) is 1.83. The lowest BCUT2D eigenvalue weighted by Gasteiger charge is -2.14. The van der Waals surface area contributed by atoms with Gasteiger partial charge < -0.3 is 10.6 Å². The van der Waals surface area contributed by atoms with E-state index in [1.807, 2.05) is 32.0 Å². The third-order valence-electron chi connectivity index (χ3n) is 3.00. The number of benzene rings is 1. The molecule has 1 aromatic carbocycles. The second-order valence-electron chi connectivity index (χ2n) is 4.70. The number of urea groups is 1. The van der Waals surface area contributed by atoms with Gasteiger partial charge in [-0.05, 0) is 31.4 Å². The van der Waals surface area contributed by atoms with Crippen LogP contribution in [0.25, 0.3) is 0 Å². The maximum absolute atomic E-state index is 12.0. The van der Waals surface area contributed by atoms with Gasteiger partial charge in [-0.1, -0.05) is 31.5 Å². The number of hydrogen-bond donors (Lipinski definition) is 3. The summed E-state index contributed by atoms with van der Waals surface area (Å²) >= 11 is 0. The van der Waals surface area contributed by atoms with E-state index in [0.29, 0.717) is 5.96 Å². The molecule has 0 saturated heterocycles. The zero-order chi connectivity index (χ0) is 15.0. The molecule has 1 aromatic rings. The molecular formula is C15H24N4O. The Kier molecular flexibility index (Phi) is 6.56.